The van der Waals surface area contributed by atoms with Gasteiger partial charge in [-0.25, -0.2) is 13.4 Å². The van der Waals surface area contributed by atoms with E-state index in [4.69, 9.17) is 16.3 Å². The highest BCUT2D eigenvalue weighted by atomic mass is 35.5. The minimum absolute atomic E-state index is 0.0814. The first-order valence-electron chi connectivity index (χ1n) is 9.59. The monoisotopic (exact) mass is 477 g/mol. The number of carbonyl (C=O) groups excluding carboxylic acids is 1. The maximum Gasteiger partial charge on any atom is 0.243 e. The van der Waals surface area contributed by atoms with Crippen LogP contribution in [0.2, 0.25) is 5.02 Å². The second-order valence-corrected chi connectivity index (χ2v) is 10.2. The van der Waals surface area contributed by atoms with Crippen molar-refractivity contribution in [2.45, 2.75) is 9.92 Å². The van der Waals surface area contributed by atoms with Crippen LogP contribution in [0.3, 0.4) is 0 Å². The highest BCUT2D eigenvalue weighted by Crippen LogP contribution is 2.28. The summed E-state index contributed by atoms with van der Waals surface area (Å²) in [5, 5.41) is 4.73. The van der Waals surface area contributed by atoms with E-state index in [2.05, 4.69) is 10.3 Å². The molecule has 1 aliphatic rings. The van der Waals surface area contributed by atoms with E-state index in [-0.39, 0.29) is 27.3 Å². The third-order valence-corrected chi connectivity index (χ3v) is 7.90. The molecular weight excluding hydrogens is 458 g/mol. The van der Waals surface area contributed by atoms with Crippen molar-refractivity contribution in [3.05, 3.63) is 59.6 Å². The minimum Gasteiger partial charge on any atom is -0.379 e. The van der Waals surface area contributed by atoms with Crippen molar-refractivity contribution >= 4 is 55.9 Å². The molecule has 0 unspecified atom stereocenters. The highest BCUT2D eigenvalue weighted by molar-refractivity contribution is 7.99. The summed E-state index contributed by atoms with van der Waals surface area (Å²) in [6.45, 7) is 1.30. The Hall–Kier alpha value is -2.17. The molecule has 1 aliphatic heterocycles. The Bertz CT molecular complexity index is 1210. The molecule has 0 aliphatic carbocycles. The number of hydrogen-bond donors (Lipinski definition) is 1. The van der Waals surface area contributed by atoms with Gasteiger partial charge in [-0.3, -0.25) is 4.79 Å². The molecule has 1 fully saturated rings. The van der Waals surface area contributed by atoms with Crippen molar-refractivity contribution in [3.8, 4) is 0 Å². The number of pyridine rings is 1. The molecule has 2 aromatic carbocycles. The van der Waals surface area contributed by atoms with Crippen LogP contribution in [0.1, 0.15) is 0 Å². The Balaban J connectivity index is 1.44. The van der Waals surface area contributed by atoms with Crippen LogP contribution in [-0.4, -0.2) is 55.7 Å². The van der Waals surface area contributed by atoms with Gasteiger partial charge >= 0.3 is 0 Å². The Labute approximate surface area is 189 Å². The third kappa shape index (κ3) is 5.19. The van der Waals surface area contributed by atoms with Crippen molar-refractivity contribution in [2.75, 3.05) is 37.4 Å². The van der Waals surface area contributed by atoms with Crippen molar-refractivity contribution in [1.29, 1.82) is 0 Å². The van der Waals surface area contributed by atoms with Crippen LogP contribution < -0.4 is 5.32 Å². The van der Waals surface area contributed by atoms with Gasteiger partial charge in [0.2, 0.25) is 15.9 Å². The number of rotatable bonds is 6. The van der Waals surface area contributed by atoms with Crippen LogP contribution in [0.15, 0.2) is 64.5 Å². The lowest BCUT2D eigenvalue weighted by Gasteiger charge is -2.26. The highest BCUT2D eigenvalue weighted by Gasteiger charge is 2.27. The summed E-state index contributed by atoms with van der Waals surface area (Å²) in [5.41, 5.74) is 1.12. The van der Waals surface area contributed by atoms with Gasteiger partial charge in [-0.05, 0) is 30.3 Å². The molecule has 1 amide bonds. The fraction of sp³-hybridized carbons (Fsp3) is 0.238. The molecule has 1 N–H and O–H groups in total. The van der Waals surface area contributed by atoms with Crippen molar-refractivity contribution < 1.29 is 17.9 Å². The second-order valence-electron chi connectivity index (χ2n) is 6.84. The number of halogens is 1. The van der Waals surface area contributed by atoms with Gasteiger partial charge in [0.25, 0.3) is 0 Å². The summed E-state index contributed by atoms with van der Waals surface area (Å²) in [5.74, 6) is -0.190. The second kappa shape index (κ2) is 9.54. The van der Waals surface area contributed by atoms with Crippen LogP contribution >= 0.6 is 23.4 Å². The third-order valence-electron chi connectivity index (χ3n) is 4.74. The van der Waals surface area contributed by atoms with Crippen LogP contribution in [0.25, 0.3) is 10.9 Å². The molecule has 7 nitrogen and oxygen atoms in total. The molecule has 2 heterocycles. The van der Waals surface area contributed by atoms with Gasteiger partial charge in [0.05, 0.1) is 45.1 Å². The largest absolute Gasteiger partial charge is 0.379 e. The fourth-order valence-corrected chi connectivity index (χ4v) is 5.43. The zero-order valence-corrected chi connectivity index (χ0v) is 18.8. The molecule has 162 valence electrons. The van der Waals surface area contributed by atoms with E-state index in [1.807, 2.05) is 36.4 Å². The number of carbonyl (C=O) groups is 1. The molecule has 0 atom stereocenters. The molecule has 0 spiro atoms. The number of hydrogen-bond acceptors (Lipinski definition) is 6. The zero-order valence-electron chi connectivity index (χ0n) is 16.5. The summed E-state index contributed by atoms with van der Waals surface area (Å²) in [7, 11) is -3.68. The Kier molecular flexibility index (Phi) is 6.78. The van der Waals surface area contributed by atoms with Gasteiger partial charge in [-0.15, -0.1) is 0 Å². The van der Waals surface area contributed by atoms with Gasteiger partial charge in [0.1, 0.15) is 0 Å². The first kappa shape index (κ1) is 22.0. The molecule has 0 saturated carbocycles. The lowest BCUT2D eigenvalue weighted by molar-refractivity contribution is -0.113. The van der Waals surface area contributed by atoms with E-state index in [1.165, 1.54) is 34.3 Å². The van der Waals surface area contributed by atoms with Crippen molar-refractivity contribution in [3.63, 3.8) is 0 Å². The summed E-state index contributed by atoms with van der Waals surface area (Å²) < 4.78 is 32.3. The quantitative estimate of drug-likeness (QED) is 0.545. The van der Waals surface area contributed by atoms with Gasteiger partial charge in [0, 0.05) is 18.5 Å². The normalized spacial score (nSPS) is 15.1. The number of morpholine rings is 1. The summed E-state index contributed by atoms with van der Waals surface area (Å²) in [6.07, 6.45) is 0. The smallest absolute Gasteiger partial charge is 0.243 e. The molecule has 31 heavy (non-hydrogen) atoms. The topological polar surface area (TPSA) is 88.6 Å². The Morgan fingerprint density at radius 2 is 1.90 bits per heavy atom. The predicted octanol–water partition coefficient (Wildman–Crippen LogP) is 3.64. The van der Waals surface area contributed by atoms with Crippen LogP contribution in [0.4, 0.5) is 5.69 Å². The minimum atomic E-state index is -3.68. The van der Waals surface area contributed by atoms with Gasteiger partial charge in [-0.1, -0.05) is 47.6 Å². The summed E-state index contributed by atoms with van der Waals surface area (Å²) in [4.78, 5) is 17.1. The molecule has 0 radical (unpaired) electrons. The Morgan fingerprint density at radius 1 is 1.13 bits per heavy atom. The van der Waals surface area contributed by atoms with Gasteiger partial charge in [0.15, 0.2) is 0 Å². The SMILES string of the molecule is O=C(CSc1ccc2ccccc2n1)Nc1cc(S(=O)(=O)N2CCOCC2)ccc1Cl. The molecule has 1 saturated heterocycles. The first-order valence-corrected chi connectivity index (χ1v) is 12.4. The van der Waals surface area contributed by atoms with E-state index in [9.17, 15) is 13.2 Å². The van der Waals surface area contributed by atoms with Crippen molar-refractivity contribution in [1.82, 2.24) is 9.29 Å². The van der Waals surface area contributed by atoms with Gasteiger partial charge in [-0.2, -0.15) is 4.31 Å². The number of aromatic nitrogens is 1. The summed E-state index contributed by atoms with van der Waals surface area (Å²) >= 11 is 7.49. The Morgan fingerprint density at radius 3 is 2.71 bits per heavy atom. The molecule has 0 bridgehead atoms. The number of ether oxygens (including phenoxy) is 1. The predicted molar refractivity (Wildman–Crippen MR) is 122 cm³/mol. The molecule has 4 rings (SSSR count). The van der Waals surface area contributed by atoms with Crippen LogP contribution in [0, 0.1) is 0 Å². The standard InChI is InChI=1S/C21H20ClN3O4S2/c22-17-7-6-16(31(27,28)25-9-11-29-12-10-25)13-19(17)23-20(26)14-30-21-8-5-15-3-1-2-4-18(15)24-21/h1-8,13H,9-12,14H2,(H,23,26). The van der Waals surface area contributed by atoms with E-state index < -0.39 is 10.0 Å². The molecular formula is C21H20ClN3O4S2. The number of sulfonamides is 1. The summed E-state index contributed by atoms with van der Waals surface area (Å²) in [6, 6.07) is 15.9. The van der Waals surface area contributed by atoms with Crippen molar-refractivity contribution in [2.24, 2.45) is 0 Å². The number of fused-ring (bicyclic) bond motifs is 1. The lowest BCUT2D eigenvalue weighted by Crippen LogP contribution is -2.40. The zero-order chi connectivity index (χ0) is 21.8. The lowest BCUT2D eigenvalue weighted by atomic mass is 10.2. The number of thioether (sulfide) groups is 1. The number of nitrogens with zero attached hydrogens (tertiary/aromatic N) is 2. The maximum atomic E-state index is 12.9. The average molecular weight is 478 g/mol. The molecule has 3 aromatic rings. The number of nitrogens with one attached hydrogen (secondary N) is 1. The number of benzene rings is 2. The van der Waals surface area contributed by atoms with E-state index in [1.54, 1.807) is 0 Å². The van der Waals surface area contributed by atoms with E-state index in [0.717, 1.165) is 15.9 Å². The number of anilines is 1. The van der Waals surface area contributed by atoms with E-state index >= 15 is 0 Å². The van der Waals surface area contributed by atoms with E-state index in [0.29, 0.717) is 26.3 Å². The van der Waals surface area contributed by atoms with Crippen LogP contribution in [0.5, 0.6) is 0 Å². The number of para-hydroxylation sites is 1. The first-order chi connectivity index (χ1) is 14.9. The molecule has 1 aromatic heterocycles. The maximum absolute atomic E-state index is 12.9. The fourth-order valence-electron chi connectivity index (χ4n) is 3.15. The number of amides is 1. The van der Waals surface area contributed by atoms with Crippen LogP contribution in [-0.2, 0) is 19.6 Å². The molecule has 10 heteroatoms. The van der Waals surface area contributed by atoms with Gasteiger partial charge < -0.3 is 10.1 Å². The average Bonchev–Trinajstić information content (AvgIpc) is 2.79.